The van der Waals surface area contributed by atoms with Gasteiger partial charge in [-0.3, -0.25) is 4.98 Å². The van der Waals surface area contributed by atoms with Crippen molar-refractivity contribution in [2.45, 2.75) is 6.18 Å². The molecule has 0 unspecified atom stereocenters. The zero-order chi connectivity index (χ0) is 13.2. The maximum absolute atomic E-state index is 12.4. The second-order valence-electron chi connectivity index (χ2n) is 3.74. The Labute approximate surface area is 103 Å². The standard InChI is InChI=1S/C14H10F3N/c1-2-10-9-18-8-7-13(10)11-3-5-12(6-4-11)14(15,16)17/h2-9H,1H2. The summed E-state index contributed by atoms with van der Waals surface area (Å²) < 4.78 is 37.3. The van der Waals surface area contributed by atoms with Crippen molar-refractivity contribution < 1.29 is 13.2 Å². The van der Waals surface area contributed by atoms with Crippen molar-refractivity contribution in [3.8, 4) is 11.1 Å². The predicted octanol–water partition coefficient (Wildman–Crippen LogP) is 4.41. The monoisotopic (exact) mass is 249 g/mol. The van der Waals surface area contributed by atoms with Crippen LogP contribution in [0.2, 0.25) is 0 Å². The maximum atomic E-state index is 12.4. The van der Waals surface area contributed by atoms with Gasteiger partial charge in [0, 0.05) is 18.0 Å². The lowest BCUT2D eigenvalue weighted by Crippen LogP contribution is -2.04. The molecule has 18 heavy (non-hydrogen) atoms. The summed E-state index contributed by atoms with van der Waals surface area (Å²) in [7, 11) is 0. The van der Waals surface area contributed by atoms with Crippen LogP contribution in [0.1, 0.15) is 11.1 Å². The normalized spacial score (nSPS) is 11.3. The molecule has 0 fully saturated rings. The molecule has 2 rings (SSSR count). The number of benzene rings is 1. The number of hydrogen-bond donors (Lipinski definition) is 0. The minimum atomic E-state index is -4.31. The van der Waals surface area contributed by atoms with Gasteiger partial charge in [-0.15, -0.1) is 0 Å². The van der Waals surface area contributed by atoms with E-state index in [9.17, 15) is 13.2 Å². The smallest absolute Gasteiger partial charge is 0.264 e. The number of aromatic nitrogens is 1. The maximum Gasteiger partial charge on any atom is 0.416 e. The summed E-state index contributed by atoms with van der Waals surface area (Å²) >= 11 is 0. The summed E-state index contributed by atoms with van der Waals surface area (Å²) in [5.74, 6) is 0. The lowest BCUT2D eigenvalue weighted by atomic mass is 10.0. The molecule has 1 heterocycles. The van der Waals surface area contributed by atoms with Crippen LogP contribution in [0, 0.1) is 0 Å². The Kier molecular flexibility index (Phi) is 3.19. The van der Waals surface area contributed by atoms with Crippen molar-refractivity contribution >= 4 is 6.08 Å². The highest BCUT2D eigenvalue weighted by atomic mass is 19.4. The third-order valence-electron chi connectivity index (χ3n) is 2.60. The molecular weight excluding hydrogens is 239 g/mol. The van der Waals surface area contributed by atoms with Gasteiger partial charge in [0.2, 0.25) is 0 Å². The lowest BCUT2D eigenvalue weighted by Gasteiger charge is -2.09. The van der Waals surface area contributed by atoms with Gasteiger partial charge >= 0.3 is 6.18 Å². The zero-order valence-corrected chi connectivity index (χ0v) is 9.41. The lowest BCUT2D eigenvalue weighted by molar-refractivity contribution is -0.137. The van der Waals surface area contributed by atoms with E-state index in [1.54, 1.807) is 24.5 Å². The summed E-state index contributed by atoms with van der Waals surface area (Å²) in [5.41, 5.74) is 1.66. The van der Waals surface area contributed by atoms with Crippen LogP contribution in [-0.2, 0) is 6.18 Å². The minimum Gasteiger partial charge on any atom is -0.264 e. The topological polar surface area (TPSA) is 12.9 Å². The van der Waals surface area contributed by atoms with Crippen LogP contribution in [0.15, 0.2) is 49.3 Å². The van der Waals surface area contributed by atoms with E-state index >= 15 is 0 Å². The average molecular weight is 249 g/mol. The first-order valence-corrected chi connectivity index (χ1v) is 5.26. The molecule has 0 saturated carbocycles. The van der Waals surface area contributed by atoms with Crippen LogP contribution in [-0.4, -0.2) is 4.98 Å². The Bertz CT molecular complexity index is 556. The van der Waals surface area contributed by atoms with Gasteiger partial charge in [-0.1, -0.05) is 24.8 Å². The molecule has 0 bridgehead atoms. The molecule has 0 aliphatic heterocycles. The zero-order valence-electron chi connectivity index (χ0n) is 9.41. The molecule has 92 valence electrons. The van der Waals surface area contributed by atoms with Crippen molar-refractivity contribution in [2.75, 3.05) is 0 Å². The Morgan fingerprint density at radius 2 is 1.72 bits per heavy atom. The second-order valence-corrected chi connectivity index (χ2v) is 3.74. The number of pyridine rings is 1. The van der Waals surface area contributed by atoms with Crippen LogP contribution in [0.4, 0.5) is 13.2 Å². The Morgan fingerprint density at radius 1 is 1.06 bits per heavy atom. The fourth-order valence-electron chi connectivity index (χ4n) is 1.67. The van der Waals surface area contributed by atoms with Crippen molar-refractivity contribution in [1.29, 1.82) is 0 Å². The molecular formula is C14H10F3N. The van der Waals surface area contributed by atoms with Crippen molar-refractivity contribution in [3.63, 3.8) is 0 Å². The molecule has 0 N–H and O–H groups in total. The van der Waals surface area contributed by atoms with Gasteiger partial charge in [-0.2, -0.15) is 13.2 Å². The van der Waals surface area contributed by atoms with Gasteiger partial charge < -0.3 is 0 Å². The first-order chi connectivity index (χ1) is 8.52. The van der Waals surface area contributed by atoms with Crippen LogP contribution in [0.5, 0.6) is 0 Å². The molecule has 1 nitrogen and oxygen atoms in total. The van der Waals surface area contributed by atoms with Crippen LogP contribution in [0.25, 0.3) is 17.2 Å². The molecule has 0 aliphatic rings. The third kappa shape index (κ3) is 2.42. The van der Waals surface area contributed by atoms with Gasteiger partial charge in [0.15, 0.2) is 0 Å². The van der Waals surface area contributed by atoms with Crippen LogP contribution >= 0.6 is 0 Å². The second kappa shape index (κ2) is 4.64. The van der Waals surface area contributed by atoms with Gasteiger partial charge in [0.25, 0.3) is 0 Å². The molecule has 0 aliphatic carbocycles. The summed E-state index contributed by atoms with van der Waals surface area (Å²) in [5, 5.41) is 0. The van der Waals surface area contributed by atoms with Crippen molar-refractivity contribution in [2.24, 2.45) is 0 Å². The highest BCUT2D eigenvalue weighted by Gasteiger charge is 2.29. The van der Waals surface area contributed by atoms with E-state index in [0.717, 1.165) is 23.3 Å². The Morgan fingerprint density at radius 3 is 2.28 bits per heavy atom. The number of hydrogen-bond acceptors (Lipinski definition) is 1. The average Bonchev–Trinajstić information content (AvgIpc) is 2.38. The van der Waals surface area contributed by atoms with Crippen molar-refractivity contribution in [1.82, 2.24) is 4.98 Å². The first-order valence-electron chi connectivity index (χ1n) is 5.26. The van der Waals surface area contributed by atoms with Crippen LogP contribution in [0.3, 0.4) is 0 Å². The van der Waals surface area contributed by atoms with E-state index in [4.69, 9.17) is 0 Å². The fourth-order valence-corrected chi connectivity index (χ4v) is 1.67. The fraction of sp³-hybridized carbons (Fsp3) is 0.0714. The van der Waals surface area contributed by atoms with Crippen LogP contribution < -0.4 is 0 Å². The first kappa shape index (κ1) is 12.4. The highest BCUT2D eigenvalue weighted by Crippen LogP contribution is 2.31. The van der Waals surface area contributed by atoms with Gasteiger partial charge in [-0.25, -0.2) is 0 Å². The third-order valence-corrected chi connectivity index (χ3v) is 2.60. The van der Waals surface area contributed by atoms with Gasteiger partial charge in [-0.05, 0) is 29.3 Å². The molecule has 0 atom stereocenters. The highest BCUT2D eigenvalue weighted by molar-refractivity contribution is 5.74. The molecule has 1 aromatic carbocycles. The summed E-state index contributed by atoms with van der Waals surface area (Å²) in [6, 6.07) is 6.79. The molecule has 1 aromatic heterocycles. The summed E-state index contributed by atoms with van der Waals surface area (Å²) in [4.78, 5) is 3.95. The predicted molar refractivity (Wildman–Crippen MR) is 64.8 cm³/mol. The summed E-state index contributed by atoms with van der Waals surface area (Å²) in [6.45, 7) is 3.65. The molecule has 0 amide bonds. The molecule has 0 radical (unpaired) electrons. The number of nitrogens with zero attached hydrogens (tertiary/aromatic N) is 1. The number of rotatable bonds is 2. The SMILES string of the molecule is C=Cc1cnccc1-c1ccc(C(F)(F)F)cc1. The van der Waals surface area contributed by atoms with E-state index in [0.29, 0.717) is 5.56 Å². The summed E-state index contributed by atoms with van der Waals surface area (Å²) in [6.07, 6.45) is 0.540. The number of halogens is 3. The molecule has 0 saturated heterocycles. The quantitative estimate of drug-likeness (QED) is 0.768. The van der Waals surface area contributed by atoms with Gasteiger partial charge in [0.1, 0.15) is 0 Å². The minimum absolute atomic E-state index is 0.652. The van der Waals surface area contributed by atoms with E-state index in [-0.39, 0.29) is 0 Å². The Balaban J connectivity index is 2.44. The molecule has 2 aromatic rings. The number of alkyl halides is 3. The van der Waals surface area contributed by atoms with E-state index in [1.165, 1.54) is 12.1 Å². The Hall–Kier alpha value is -2.10. The van der Waals surface area contributed by atoms with E-state index in [1.807, 2.05) is 0 Å². The van der Waals surface area contributed by atoms with E-state index in [2.05, 4.69) is 11.6 Å². The molecule has 0 spiro atoms. The van der Waals surface area contributed by atoms with Crippen molar-refractivity contribution in [3.05, 3.63) is 60.4 Å². The van der Waals surface area contributed by atoms with E-state index < -0.39 is 11.7 Å². The largest absolute Gasteiger partial charge is 0.416 e. The van der Waals surface area contributed by atoms with Gasteiger partial charge in [0.05, 0.1) is 5.56 Å². The molecule has 4 heteroatoms.